The molecule has 4 aromatic rings. The zero-order chi connectivity index (χ0) is 22.3. The van der Waals surface area contributed by atoms with E-state index >= 15 is 0 Å². The first kappa shape index (κ1) is 21.2. The molecule has 6 nitrogen and oxygen atoms in total. The molecule has 32 heavy (non-hydrogen) atoms. The molecule has 0 spiro atoms. The van der Waals surface area contributed by atoms with Crippen LogP contribution in [0.25, 0.3) is 17.5 Å². The molecule has 0 aliphatic rings. The lowest BCUT2D eigenvalue weighted by atomic mass is 10.0. The largest absolute Gasteiger partial charge is 0.350 e. The molecular weight excluding hydrogens is 398 g/mol. The molecule has 2 aromatic heterocycles. The lowest BCUT2D eigenvalue weighted by Gasteiger charge is -2.08. The minimum Gasteiger partial charge on any atom is -0.350 e. The summed E-state index contributed by atoms with van der Waals surface area (Å²) in [5.74, 6) is 1.03. The summed E-state index contributed by atoms with van der Waals surface area (Å²) in [5.41, 5.74) is 4.07. The molecule has 1 N–H and O–H groups in total. The fraction of sp³-hybridized carbons (Fsp3) is 0.154. The predicted octanol–water partition coefficient (Wildman–Crippen LogP) is 5.43. The number of hydrogen-bond donors (Lipinski definition) is 1. The first-order valence-corrected chi connectivity index (χ1v) is 10.6. The van der Waals surface area contributed by atoms with Crippen LogP contribution in [-0.4, -0.2) is 25.7 Å². The summed E-state index contributed by atoms with van der Waals surface area (Å²) in [6, 6.07) is 21.8. The summed E-state index contributed by atoms with van der Waals surface area (Å²) in [7, 11) is 0. The molecule has 4 rings (SSSR count). The number of hydrogen-bond acceptors (Lipinski definition) is 5. The van der Waals surface area contributed by atoms with E-state index in [-0.39, 0.29) is 5.91 Å². The Morgan fingerprint density at radius 2 is 1.81 bits per heavy atom. The number of aromatic nitrogens is 4. The van der Waals surface area contributed by atoms with Crippen molar-refractivity contribution in [2.75, 3.05) is 5.32 Å². The van der Waals surface area contributed by atoms with Gasteiger partial charge in [-0.1, -0.05) is 68.4 Å². The van der Waals surface area contributed by atoms with Crippen molar-refractivity contribution in [2.45, 2.75) is 26.3 Å². The molecule has 2 heterocycles. The van der Waals surface area contributed by atoms with E-state index in [0.29, 0.717) is 24.2 Å². The van der Waals surface area contributed by atoms with E-state index in [0.717, 1.165) is 16.7 Å². The lowest BCUT2D eigenvalue weighted by Crippen LogP contribution is -2.14. The maximum atomic E-state index is 12.9. The van der Waals surface area contributed by atoms with Crippen LogP contribution in [0, 0.1) is 0 Å². The maximum Gasteiger partial charge on any atom is 0.274 e. The minimum absolute atomic E-state index is 0.283. The van der Waals surface area contributed by atoms with Crippen LogP contribution in [0.15, 0.2) is 85.2 Å². The Hall–Kier alpha value is -4.06. The fourth-order valence-corrected chi connectivity index (χ4v) is 3.20. The normalized spacial score (nSPS) is 11.2. The van der Waals surface area contributed by atoms with Crippen molar-refractivity contribution < 1.29 is 4.79 Å². The van der Waals surface area contributed by atoms with Gasteiger partial charge >= 0.3 is 0 Å². The standard InChI is InChI=1S/C26H25N5O/c1-19(2)22-13-10-21(11-14-22)17-28-26-29-25(23-9-6-16-27-18-23)30-31(26)24(32)15-12-20-7-4-3-5-8-20/h3-16,18-19H,17H2,1-2H3,(H,28,29,30)/b15-12+. The number of benzene rings is 2. The van der Waals surface area contributed by atoms with E-state index < -0.39 is 0 Å². The van der Waals surface area contributed by atoms with Crippen molar-refractivity contribution in [1.29, 1.82) is 0 Å². The third kappa shape index (κ3) is 5.16. The zero-order valence-electron chi connectivity index (χ0n) is 18.1. The number of anilines is 1. The highest BCUT2D eigenvalue weighted by atomic mass is 16.2. The Morgan fingerprint density at radius 1 is 1.03 bits per heavy atom. The molecule has 0 saturated heterocycles. The van der Waals surface area contributed by atoms with Crippen LogP contribution in [0.1, 0.15) is 41.3 Å². The van der Waals surface area contributed by atoms with Gasteiger partial charge in [0.1, 0.15) is 0 Å². The molecule has 0 fully saturated rings. The Balaban J connectivity index is 1.58. The second-order valence-electron chi connectivity index (χ2n) is 7.74. The van der Waals surface area contributed by atoms with E-state index in [1.54, 1.807) is 18.5 Å². The van der Waals surface area contributed by atoms with Crippen LogP contribution in [0.4, 0.5) is 5.95 Å². The lowest BCUT2D eigenvalue weighted by molar-refractivity contribution is 0.0957. The van der Waals surface area contributed by atoms with Gasteiger partial charge in [0.15, 0.2) is 5.82 Å². The van der Waals surface area contributed by atoms with Crippen LogP contribution >= 0.6 is 0 Å². The van der Waals surface area contributed by atoms with E-state index in [9.17, 15) is 4.79 Å². The van der Waals surface area contributed by atoms with E-state index in [4.69, 9.17) is 0 Å². The van der Waals surface area contributed by atoms with E-state index in [2.05, 4.69) is 58.5 Å². The number of rotatable bonds is 7. The van der Waals surface area contributed by atoms with Crippen LogP contribution < -0.4 is 5.32 Å². The second-order valence-corrected chi connectivity index (χ2v) is 7.74. The third-order valence-electron chi connectivity index (χ3n) is 5.05. The average Bonchev–Trinajstić information content (AvgIpc) is 3.27. The molecule has 0 aliphatic heterocycles. The van der Waals surface area contributed by atoms with Gasteiger partial charge in [0.25, 0.3) is 5.91 Å². The SMILES string of the molecule is CC(C)c1ccc(CNc2nc(-c3cccnc3)nn2C(=O)/C=C/c2ccccc2)cc1. The molecule has 2 aromatic carbocycles. The molecule has 0 unspecified atom stereocenters. The number of allylic oxidation sites excluding steroid dienone is 1. The highest BCUT2D eigenvalue weighted by molar-refractivity contribution is 5.94. The summed E-state index contributed by atoms with van der Waals surface area (Å²) >= 11 is 0. The van der Waals surface area contributed by atoms with Crippen molar-refractivity contribution >= 4 is 17.9 Å². The molecule has 0 radical (unpaired) electrons. The van der Waals surface area contributed by atoms with Gasteiger partial charge < -0.3 is 5.32 Å². The molecule has 0 amide bonds. The van der Waals surface area contributed by atoms with Gasteiger partial charge in [-0.2, -0.15) is 9.67 Å². The van der Waals surface area contributed by atoms with Crippen molar-refractivity contribution in [1.82, 2.24) is 19.7 Å². The summed E-state index contributed by atoms with van der Waals surface area (Å²) in [6.07, 6.45) is 6.63. The highest BCUT2D eigenvalue weighted by Gasteiger charge is 2.16. The molecule has 0 atom stereocenters. The first-order chi connectivity index (χ1) is 15.6. The number of nitrogens with one attached hydrogen (secondary N) is 1. The van der Waals surface area contributed by atoms with Crippen molar-refractivity contribution in [3.05, 3.63) is 102 Å². The number of carbonyl (C=O) groups excluding carboxylic acids is 1. The Morgan fingerprint density at radius 3 is 2.50 bits per heavy atom. The average molecular weight is 424 g/mol. The Kier molecular flexibility index (Phi) is 6.51. The van der Waals surface area contributed by atoms with Gasteiger partial charge in [0.2, 0.25) is 5.95 Å². The summed E-state index contributed by atoms with van der Waals surface area (Å²) in [5, 5.41) is 7.71. The van der Waals surface area contributed by atoms with Gasteiger partial charge in [0.05, 0.1) is 0 Å². The predicted molar refractivity (Wildman–Crippen MR) is 127 cm³/mol. The minimum atomic E-state index is -0.283. The molecule has 6 heteroatoms. The number of carbonyl (C=O) groups is 1. The number of nitrogens with zero attached hydrogens (tertiary/aromatic N) is 4. The summed E-state index contributed by atoms with van der Waals surface area (Å²) in [4.78, 5) is 21.6. The first-order valence-electron chi connectivity index (χ1n) is 10.6. The maximum absolute atomic E-state index is 12.9. The monoisotopic (exact) mass is 423 g/mol. The second kappa shape index (κ2) is 9.83. The molecule has 0 bridgehead atoms. The fourth-order valence-electron chi connectivity index (χ4n) is 3.20. The third-order valence-corrected chi connectivity index (χ3v) is 5.05. The Labute approximate surface area is 187 Å². The molecule has 160 valence electrons. The quantitative estimate of drug-likeness (QED) is 0.401. The van der Waals surface area contributed by atoms with Gasteiger partial charge in [-0.3, -0.25) is 9.78 Å². The molecular formula is C26H25N5O. The highest BCUT2D eigenvalue weighted by Crippen LogP contribution is 2.19. The summed E-state index contributed by atoms with van der Waals surface area (Å²) < 4.78 is 1.30. The summed E-state index contributed by atoms with van der Waals surface area (Å²) in [6.45, 7) is 4.87. The van der Waals surface area contributed by atoms with Crippen LogP contribution in [0.3, 0.4) is 0 Å². The van der Waals surface area contributed by atoms with Crippen molar-refractivity contribution in [3.63, 3.8) is 0 Å². The van der Waals surface area contributed by atoms with E-state index in [1.807, 2.05) is 42.5 Å². The zero-order valence-corrected chi connectivity index (χ0v) is 18.1. The van der Waals surface area contributed by atoms with Gasteiger partial charge in [-0.05, 0) is 40.8 Å². The van der Waals surface area contributed by atoms with Gasteiger partial charge in [-0.25, -0.2) is 0 Å². The van der Waals surface area contributed by atoms with Gasteiger partial charge in [0, 0.05) is 30.6 Å². The van der Waals surface area contributed by atoms with Crippen LogP contribution in [0.2, 0.25) is 0 Å². The molecule has 0 saturated carbocycles. The molecule has 0 aliphatic carbocycles. The smallest absolute Gasteiger partial charge is 0.274 e. The van der Waals surface area contributed by atoms with Crippen LogP contribution in [0.5, 0.6) is 0 Å². The van der Waals surface area contributed by atoms with Crippen LogP contribution in [-0.2, 0) is 6.54 Å². The van der Waals surface area contributed by atoms with Crippen molar-refractivity contribution in [2.24, 2.45) is 0 Å². The Bertz CT molecular complexity index is 1200. The topological polar surface area (TPSA) is 72.7 Å². The number of pyridine rings is 1. The van der Waals surface area contributed by atoms with Crippen molar-refractivity contribution in [3.8, 4) is 11.4 Å². The van der Waals surface area contributed by atoms with E-state index in [1.165, 1.54) is 16.3 Å². The van der Waals surface area contributed by atoms with Gasteiger partial charge in [-0.15, -0.1) is 5.10 Å².